The summed E-state index contributed by atoms with van der Waals surface area (Å²) >= 11 is 0. The quantitative estimate of drug-likeness (QED) is 0.669. The maximum absolute atomic E-state index is 12.6. The van der Waals surface area contributed by atoms with E-state index in [0.717, 1.165) is 34.6 Å². The summed E-state index contributed by atoms with van der Waals surface area (Å²) in [7, 11) is 0. The lowest BCUT2D eigenvalue weighted by atomic mass is 10.1. The number of carbonyl (C=O) groups is 1. The Hall–Kier alpha value is -3.28. The van der Waals surface area contributed by atoms with Crippen LogP contribution < -0.4 is 14.8 Å². The number of carbonyl (C=O) groups excluding carboxylic acids is 1. The topological polar surface area (TPSA) is 65.4 Å². The highest BCUT2D eigenvalue weighted by Gasteiger charge is 2.22. The fourth-order valence-electron chi connectivity index (χ4n) is 3.52. The minimum absolute atomic E-state index is 0.165. The van der Waals surface area contributed by atoms with Crippen LogP contribution in [0.1, 0.15) is 40.9 Å². The monoisotopic (exact) mass is 391 g/mol. The van der Waals surface area contributed by atoms with Crippen LogP contribution in [0.5, 0.6) is 11.5 Å². The first kappa shape index (κ1) is 19.1. The van der Waals surface area contributed by atoms with Crippen molar-refractivity contribution in [3.05, 3.63) is 77.1 Å². The van der Waals surface area contributed by atoms with Gasteiger partial charge in [-0.15, -0.1) is 0 Å². The molecule has 1 aliphatic heterocycles. The molecule has 1 amide bonds. The van der Waals surface area contributed by atoms with Gasteiger partial charge in [-0.3, -0.25) is 9.48 Å². The summed E-state index contributed by atoms with van der Waals surface area (Å²) in [6.07, 6.45) is 4.40. The van der Waals surface area contributed by atoms with Gasteiger partial charge in [0.2, 0.25) is 0 Å². The van der Waals surface area contributed by atoms with Crippen LogP contribution >= 0.6 is 0 Å². The van der Waals surface area contributed by atoms with Gasteiger partial charge in [0, 0.05) is 30.3 Å². The van der Waals surface area contributed by atoms with E-state index < -0.39 is 0 Å². The zero-order valence-electron chi connectivity index (χ0n) is 16.7. The molecule has 3 aromatic rings. The Bertz CT molecular complexity index is 998. The summed E-state index contributed by atoms with van der Waals surface area (Å²) in [4.78, 5) is 12.6. The summed E-state index contributed by atoms with van der Waals surface area (Å²) in [5.41, 5.74) is 3.73. The van der Waals surface area contributed by atoms with Crippen LogP contribution in [0.2, 0.25) is 0 Å². The Morgan fingerprint density at radius 1 is 1.31 bits per heavy atom. The van der Waals surface area contributed by atoms with Crippen molar-refractivity contribution in [2.24, 2.45) is 0 Å². The zero-order valence-corrected chi connectivity index (χ0v) is 16.7. The van der Waals surface area contributed by atoms with Crippen LogP contribution in [0.4, 0.5) is 0 Å². The number of fused-ring (bicyclic) bond motifs is 1. The Labute approximate surface area is 170 Å². The lowest BCUT2D eigenvalue weighted by Crippen LogP contribution is -2.22. The Kier molecular flexibility index (Phi) is 5.51. The molecule has 1 aliphatic rings. The highest BCUT2D eigenvalue weighted by molar-refractivity contribution is 5.93. The van der Waals surface area contributed by atoms with Crippen molar-refractivity contribution in [3.8, 4) is 11.5 Å². The second-order valence-electron chi connectivity index (χ2n) is 7.23. The summed E-state index contributed by atoms with van der Waals surface area (Å²) in [5.74, 6) is 1.51. The predicted octanol–water partition coefficient (Wildman–Crippen LogP) is 3.58. The molecule has 2 heterocycles. The first-order valence-corrected chi connectivity index (χ1v) is 9.92. The molecular weight excluding hydrogens is 366 g/mol. The number of benzene rings is 2. The number of amides is 1. The lowest BCUT2D eigenvalue weighted by Gasteiger charge is -2.13. The molecule has 0 spiro atoms. The van der Waals surface area contributed by atoms with Gasteiger partial charge in [0.1, 0.15) is 17.6 Å². The van der Waals surface area contributed by atoms with Crippen molar-refractivity contribution in [2.75, 3.05) is 6.61 Å². The number of ether oxygens (including phenoxy) is 2. The van der Waals surface area contributed by atoms with E-state index >= 15 is 0 Å². The molecule has 0 radical (unpaired) electrons. The Balaban J connectivity index is 1.43. The fourth-order valence-corrected chi connectivity index (χ4v) is 3.52. The van der Waals surface area contributed by atoms with Crippen molar-refractivity contribution in [1.29, 1.82) is 0 Å². The second kappa shape index (κ2) is 8.39. The predicted molar refractivity (Wildman–Crippen MR) is 110 cm³/mol. The van der Waals surface area contributed by atoms with Crippen LogP contribution in [0.3, 0.4) is 0 Å². The van der Waals surface area contributed by atoms with E-state index in [9.17, 15) is 4.79 Å². The molecule has 0 saturated carbocycles. The van der Waals surface area contributed by atoms with Crippen LogP contribution in [-0.2, 0) is 19.5 Å². The fraction of sp³-hybridized carbons (Fsp3) is 0.304. The summed E-state index contributed by atoms with van der Waals surface area (Å²) < 4.78 is 13.4. The molecule has 0 aliphatic carbocycles. The number of hydrogen-bond donors (Lipinski definition) is 1. The Morgan fingerprint density at radius 3 is 2.93 bits per heavy atom. The molecular formula is C23H25N3O3. The van der Waals surface area contributed by atoms with Gasteiger partial charge >= 0.3 is 0 Å². The van der Waals surface area contributed by atoms with Crippen molar-refractivity contribution < 1.29 is 14.3 Å². The largest absolute Gasteiger partial charge is 0.494 e. The van der Waals surface area contributed by atoms with Crippen molar-refractivity contribution in [2.45, 2.75) is 39.5 Å². The van der Waals surface area contributed by atoms with E-state index in [0.29, 0.717) is 25.3 Å². The van der Waals surface area contributed by atoms with Crippen molar-refractivity contribution in [3.63, 3.8) is 0 Å². The van der Waals surface area contributed by atoms with Gasteiger partial charge < -0.3 is 14.8 Å². The van der Waals surface area contributed by atoms with Crippen LogP contribution in [0.25, 0.3) is 0 Å². The molecule has 0 saturated heterocycles. The van der Waals surface area contributed by atoms with E-state index in [4.69, 9.17) is 9.47 Å². The third-order valence-electron chi connectivity index (χ3n) is 4.90. The molecule has 6 heteroatoms. The summed E-state index contributed by atoms with van der Waals surface area (Å²) in [6.45, 7) is 5.57. The molecule has 1 N–H and O–H groups in total. The van der Waals surface area contributed by atoms with Gasteiger partial charge in [-0.1, -0.05) is 30.3 Å². The molecule has 1 aromatic heterocycles. The third-order valence-corrected chi connectivity index (χ3v) is 4.90. The molecule has 1 atom stereocenters. The SMILES string of the molecule is CCOc1cc2c(cc1CNC(=O)c1cnn(Cc3ccccc3)c1)O[C@@H](C)C2. The lowest BCUT2D eigenvalue weighted by molar-refractivity contribution is 0.0950. The van der Waals surface area contributed by atoms with E-state index in [2.05, 4.69) is 17.3 Å². The maximum atomic E-state index is 12.6. The normalized spacial score (nSPS) is 14.9. The average molecular weight is 391 g/mol. The molecule has 0 bridgehead atoms. The molecule has 29 heavy (non-hydrogen) atoms. The second-order valence-corrected chi connectivity index (χ2v) is 7.23. The highest BCUT2D eigenvalue weighted by atomic mass is 16.5. The van der Waals surface area contributed by atoms with Crippen LogP contribution in [0.15, 0.2) is 54.9 Å². The molecule has 6 nitrogen and oxygen atoms in total. The van der Waals surface area contributed by atoms with Gasteiger partial charge in [-0.05, 0) is 31.5 Å². The molecule has 0 fully saturated rings. The van der Waals surface area contributed by atoms with Crippen LogP contribution in [0, 0.1) is 0 Å². The number of nitrogens with one attached hydrogen (secondary N) is 1. The Morgan fingerprint density at radius 2 is 2.14 bits per heavy atom. The summed E-state index contributed by atoms with van der Waals surface area (Å²) in [6, 6.07) is 14.0. The first-order chi connectivity index (χ1) is 14.1. The standard InChI is InChI=1S/C23H25N3O3/c1-3-28-21-10-18-9-16(2)29-22(18)11-19(21)12-24-23(27)20-13-25-26(15-20)14-17-7-5-4-6-8-17/h4-8,10-11,13,15-16H,3,9,12,14H2,1-2H3,(H,24,27)/t16-/m0/s1. The zero-order chi connectivity index (χ0) is 20.2. The minimum Gasteiger partial charge on any atom is -0.494 e. The molecule has 0 unspecified atom stereocenters. The molecule has 150 valence electrons. The molecule has 2 aromatic carbocycles. The van der Waals surface area contributed by atoms with Crippen molar-refractivity contribution >= 4 is 5.91 Å². The smallest absolute Gasteiger partial charge is 0.254 e. The number of nitrogens with zero attached hydrogens (tertiary/aromatic N) is 2. The summed E-state index contributed by atoms with van der Waals surface area (Å²) in [5, 5.41) is 7.27. The molecule has 4 rings (SSSR count). The first-order valence-electron chi connectivity index (χ1n) is 9.92. The van der Waals surface area contributed by atoms with Crippen LogP contribution in [-0.4, -0.2) is 28.4 Å². The van der Waals surface area contributed by atoms with Crippen molar-refractivity contribution in [1.82, 2.24) is 15.1 Å². The van der Waals surface area contributed by atoms with E-state index in [1.54, 1.807) is 17.1 Å². The van der Waals surface area contributed by atoms with Gasteiger partial charge in [0.15, 0.2) is 0 Å². The maximum Gasteiger partial charge on any atom is 0.254 e. The van der Waals surface area contributed by atoms with Gasteiger partial charge in [0.05, 0.1) is 24.9 Å². The van der Waals surface area contributed by atoms with Gasteiger partial charge in [0.25, 0.3) is 5.91 Å². The third kappa shape index (κ3) is 4.42. The van der Waals surface area contributed by atoms with Gasteiger partial charge in [-0.25, -0.2) is 0 Å². The van der Waals surface area contributed by atoms with Gasteiger partial charge in [-0.2, -0.15) is 5.10 Å². The minimum atomic E-state index is -0.165. The van der Waals surface area contributed by atoms with E-state index in [-0.39, 0.29) is 12.0 Å². The number of aromatic nitrogens is 2. The number of hydrogen-bond acceptors (Lipinski definition) is 4. The van der Waals surface area contributed by atoms with E-state index in [1.807, 2.05) is 49.4 Å². The highest BCUT2D eigenvalue weighted by Crippen LogP contribution is 2.35. The number of rotatable bonds is 7. The average Bonchev–Trinajstić information content (AvgIpc) is 3.32. The van der Waals surface area contributed by atoms with E-state index in [1.165, 1.54) is 0 Å².